The van der Waals surface area contributed by atoms with Crippen LogP contribution in [0.15, 0.2) is 296 Å². The Hall–Kier alpha value is -7.66. The summed E-state index contributed by atoms with van der Waals surface area (Å²) in [5.41, 5.74) is -1.45. The summed E-state index contributed by atoms with van der Waals surface area (Å²) < 4.78 is 31.8. The SMILES string of the molecule is CC[P+](c1ccccc1)(c1ccccc1)c1ccccc1.CC[P+](c1ccccc1)(c1ccccc1)c1ccccc1.CC[P+](c1ccccc1)(c1ccccc1)c1ccccc1.O=C([O-])c1cc(C(=O)[O-])cc(S(=O)(=O)[O-])c1. The van der Waals surface area contributed by atoms with E-state index in [-0.39, 0.29) is 0 Å². The van der Waals surface area contributed by atoms with Crippen LogP contribution in [0.2, 0.25) is 0 Å². The smallest absolute Gasteiger partial charge is 0.124 e. The maximum Gasteiger partial charge on any atom is 0.124 e. The molecule has 398 valence electrons. The zero-order valence-electron chi connectivity index (χ0n) is 44.4. The average Bonchev–Trinajstić information content (AvgIpc) is 3.54. The van der Waals surface area contributed by atoms with E-state index >= 15 is 0 Å². The van der Waals surface area contributed by atoms with Gasteiger partial charge in [-0.1, -0.05) is 164 Å². The van der Waals surface area contributed by atoms with Crippen LogP contribution < -0.4 is 58.0 Å². The molecule has 0 bridgehead atoms. The van der Waals surface area contributed by atoms with E-state index in [9.17, 15) is 32.8 Å². The third kappa shape index (κ3) is 14.0. The van der Waals surface area contributed by atoms with Crippen molar-refractivity contribution in [2.75, 3.05) is 18.5 Å². The highest BCUT2D eigenvalue weighted by atomic mass is 32.2. The summed E-state index contributed by atoms with van der Waals surface area (Å²) in [6.07, 6.45) is 3.43. The average molecular weight is 1120 g/mol. The molecular weight excluding hydrogens is 1050 g/mol. The van der Waals surface area contributed by atoms with Crippen LogP contribution in [0.3, 0.4) is 0 Å². The Morgan fingerprint density at radius 3 is 0.570 bits per heavy atom. The number of rotatable bonds is 15. The van der Waals surface area contributed by atoms with Gasteiger partial charge in [-0.3, -0.25) is 0 Å². The molecule has 0 unspecified atom stereocenters. The molecule has 7 nitrogen and oxygen atoms in total. The summed E-state index contributed by atoms with van der Waals surface area (Å²) in [6, 6.07) is 101. The van der Waals surface area contributed by atoms with Gasteiger partial charge in [-0.2, -0.15) is 0 Å². The van der Waals surface area contributed by atoms with Crippen molar-refractivity contribution in [1.82, 2.24) is 0 Å². The largest absolute Gasteiger partial charge is 0.744 e. The van der Waals surface area contributed by atoms with Crippen molar-refractivity contribution in [2.24, 2.45) is 0 Å². The highest BCUT2D eigenvalue weighted by Gasteiger charge is 2.45. The number of benzene rings is 10. The molecule has 0 aliphatic carbocycles. The molecule has 0 heterocycles. The third-order valence-corrected chi connectivity index (χ3v) is 28.1. The zero-order valence-corrected chi connectivity index (χ0v) is 47.9. The number of carbonyl (C=O) groups is 2. The molecule has 0 amide bonds. The van der Waals surface area contributed by atoms with Gasteiger partial charge in [-0.25, -0.2) is 8.42 Å². The lowest BCUT2D eigenvalue weighted by Gasteiger charge is -2.26. The van der Waals surface area contributed by atoms with Gasteiger partial charge >= 0.3 is 0 Å². The van der Waals surface area contributed by atoms with Crippen LogP contribution in [-0.2, 0) is 10.1 Å². The molecule has 0 fully saturated rings. The first kappa shape index (κ1) is 59.0. The summed E-state index contributed by atoms with van der Waals surface area (Å²) in [5, 5.41) is 34.0. The van der Waals surface area contributed by atoms with Crippen molar-refractivity contribution in [2.45, 2.75) is 25.7 Å². The first-order valence-corrected chi connectivity index (χ1v) is 33.4. The minimum Gasteiger partial charge on any atom is -0.744 e. The van der Waals surface area contributed by atoms with Crippen LogP contribution >= 0.6 is 21.8 Å². The molecule has 10 aromatic carbocycles. The number of carboxylic acids is 2. The van der Waals surface area contributed by atoms with Gasteiger partial charge in [0.25, 0.3) is 0 Å². The number of hydrogen-bond acceptors (Lipinski definition) is 7. The molecule has 0 saturated heterocycles. The first-order valence-electron chi connectivity index (χ1n) is 26.0. The minimum atomic E-state index is -4.95. The first-order chi connectivity index (χ1) is 38.3. The van der Waals surface area contributed by atoms with Crippen LogP contribution in [0.4, 0.5) is 0 Å². The Bertz CT molecular complexity index is 2940. The molecule has 0 aliphatic rings. The van der Waals surface area contributed by atoms with Gasteiger partial charge in [0, 0.05) is 0 Å². The monoisotopic (exact) mass is 1120 g/mol. The van der Waals surface area contributed by atoms with E-state index in [4.69, 9.17) is 0 Å². The lowest BCUT2D eigenvalue weighted by molar-refractivity contribution is -0.255. The van der Waals surface area contributed by atoms with Crippen molar-refractivity contribution in [3.8, 4) is 0 Å². The maximum absolute atomic E-state index is 10.6. The highest BCUT2D eigenvalue weighted by molar-refractivity contribution is 7.96. The third-order valence-electron chi connectivity index (χ3n) is 13.9. The van der Waals surface area contributed by atoms with Crippen molar-refractivity contribution >= 4 is 91.6 Å². The summed E-state index contributed by atoms with van der Waals surface area (Å²) in [7, 11) is -9.55. The van der Waals surface area contributed by atoms with E-state index in [1.54, 1.807) is 0 Å². The summed E-state index contributed by atoms with van der Waals surface area (Å²) in [5.74, 6) is -3.60. The van der Waals surface area contributed by atoms with Gasteiger partial charge in [0.05, 0.1) is 35.3 Å². The highest BCUT2D eigenvalue weighted by Crippen LogP contribution is 2.56. The van der Waals surface area contributed by atoms with E-state index in [2.05, 4.69) is 294 Å². The second-order valence-electron chi connectivity index (χ2n) is 18.2. The van der Waals surface area contributed by atoms with Gasteiger partial charge in [-0.15, -0.1) is 0 Å². The molecule has 10 rings (SSSR count). The summed E-state index contributed by atoms with van der Waals surface area (Å²) in [4.78, 5) is 19.9. The maximum atomic E-state index is 10.6. The molecule has 0 aliphatic heterocycles. The fourth-order valence-corrected chi connectivity index (χ4v) is 22.7. The number of carboxylic acid groups (broad SMARTS) is 2. The van der Waals surface area contributed by atoms with Crippen molar-refractivity contribution in [3.63, 3.8) is 0 Å². The second kappa shape index (κ2) is 28.3. The van der Waals surface area contributed by atoms with E-state index in [1.165, 1.54) is 47.7 Å². The Balaban J connectivity index is 0.000000153. The number of hydrogen-bond donors (Lipinski definition) is 0. The van der Waals surface area contributed by atoms with E-state index in [0.717, 1.165) is 18.5 Å². The van der Waals surface area contributed by atoms with Gasteiger partial charge in [0.15, 0.2) is 0 Å². The molecule has 10 aromatic rings. The standard InChI is InChI=1S/3C20H20P.C8H6O7S/c3*1-2-21(18-12-6-3-7-13-18,19-14-8-4-9-15-19)20-16-10-5-11-17-20;9-7(10)4-1-5(8(11)12)3-6(2-4)16(13,14)15/h3*3-17H,2H2,1H3;1-3H,(H,9,10)(H,11,12)(H,13,14,15)/q3*+1;/p-3. The predicted octanol–water partition coefficient (Wildman–Crippen LogP) is 9.32. The minimum absolute atomic E-state index is 0.518. The summed E-state index contributed by atoms with van der Waals surface area (Å²) in [6.45, 7) is 6.96. The van der Waals surface area contributed by atoms with E-state index in [0.29, 0.717) is 18.2 Å². The summed E-state index contributed by atoms with van der Waals surface area (Å²) >= 11 is 0. The molecule has 11 heteroatoms. The van der Waals surface area contributed by atoms with Gasteiger partial charge in [0.2, 0.25) is 0 Å². The molecular formula is C68H63O7P3S. The van der Waals surface area contributed by atoms with Crippen molar-refractivity contribution < 1.29 is 32.8 Å². The zero-order chi connectivity index (χ0) is 56.1. The van der Waals surface area contributed by atoms with Crippen LogP contribution in [-0.4, -0.2) is 43.4 Å². The molecule has 0 radical (unpaired) electrons. The van der Waals surface area contributed by atoms with E-state index < -0.39 is 59.9 Å². The predicted molar refractivity (Wildman–Crippen MR) is 330 cm³/mol. The Morgan fingerprint density at radius 1 is 0.304 bits per heavy atom. The van der Waals surface area contributed by atoms with Crippen molar-refractivity contribution in [1.29, 1.82) is 0 Å². The van der Waals surface area contributed by atoms with Crippen LogP contribution in [0.5, 0.6) is 0 Å². The van der Waals surface area contributed by atoms with Gasteiger partial charge < -0.3 is 24.4 Å². The number of aromatic carboxylic acids is 2. The topological polar surface area (TPSA) is 137 Å². The molecule has 79 heavy (non-hydrogen) atoms. The van der Waals surface area contributed by atoms with Crippen LogP contribution in [0, 0.1) is 0 Å². The Kier molecular flexibility index (Phi) is 21.1. The van der Waals surface area contributed by atoms with Crippen molar-refractivity contribution in [3.05, 3.63) is 302 Å². The fraction of sp³-hybridized carbons (Fsp3) is 0.0882. The molecule has 0 saturated carbocycles. The van der Waals surface area contributed by atoms with E-state index in [1.807, 2.05) is 0 Å². The molecule has 0 N–H and O–H groups in total. The fourth-order valence-electron chi connectivity index (χ4n) is 10.1. The molecule has 0 aromatic heterocycles. The Labute approximate surface area is 468 Å². The lowest BCUT2D eigenvalue weighted by atomic mass is 10.1. The lowest BCUT2D eigenvalue weighted by Crippen LogP contribution is -2.32. The Morgan fingerprint density at radius 2 is 0.456 bits per heavy atom. The molecule has 0 spiro atoms. The quantitative estimate of drug-likeness (QED) is 0.0737. The second-order valence-corrected chi connectivity index (χ2v) is 31.0. The van der Waals surface area contributed by atoms with Gasteiger partial charge in [-0.05, 0) is 159 Å². The van der Waals surface area contributed by atoms with Crippen LogP contribution in [0.1, 0.15) is 41.5 Å². The normalized spacial score (nSPS) is 11.2. The van der Waals surface area contributed by atoms with Gasteiger partial charge in [0.1, 0.15) is 79.6 Å². The van der Waals surface area contributed by atoms with Crippen LogP contribution in [0.25, 0.3) is 0 Å². The molecule has 0 atom stereocenters. The number of carbonyl (C=O) groups excluding carboxylic acids is 2.